The number of amides is 1. The minimum Gasteiger partial charge on any atom is -0.302 e. The molecule has 0 spiro atoms. The van der Waals surface area contributed by atoms with Crippen LogP contribution in [0, 0.1) is 6.92 Å². The summed E-state index contributed by atoms with van der Waals surface area (Å²) in [6.45, 7) is 3.33. The first-order valence-corrected chi connectivity index (χ1v) is 8.33. The molecule has 20 heavy (non-hydrogen) atoms. The van der Waals surface area contributed by atoms with Crippen molar-refractivity contribution in [3.05, 3.63) is 5.69 Å². The van der Waals surface area contributed by atoms with E-state index >= 15 is 0 Å². The number of ketones is 1. The van der Waals surface area contributed by atoms with Crippen LogP contribution in [0.3, 0.4) is 0 Å². The Morgan fingerprint density at radius 1 is 1.35 bits per heavy atom. The molecule has 0 bridgehead atoms. The van der Waals surface area contributed by atoms with Crippen LogP contribution in [0.15, 0.2) is 4.21 Å². The van der Waals surface area contributed by atoms with Gasteiger partial charge in [-0.25, -0.2) is 13.4 Å². The zero-order chi connectivity index (χ0) is 14.9. The van der Waals surface area contributed by atoms with E-state index in [-0.39, 0.29) is 47.0 Å². The number of nitrogens with one attached hydrogen (secondary N) is 1. The number of carbonyl (C=O) groups is 2. The number of sulfonamides is 1. The predicted molar refractivity (Wildman–Crippen MR) is 74.2 cm³/mol. The zero-order valence-corrected chi connectivity index (χ0v) is 12.8. The minimum absolute atomic E-state index is 0.0800. The lowest BCUT2D eigenvalue weighted by Crippen LogP contribution is -2.38. The third kappa shape index (κ3) is 3.05. The molecule has 0 aliphatic carbocycles. The van der Waals surface area contributed by atoms with E-state index in [0.717, 1.165) is 11.3 Å². The van der Waals surface area contributed by atoms with E-state index in [4.69, 9.17) is 0 Å². The van der Waals surface area contributed by atoms with Crippen molar-refractivity contribution in [2.75, 3.05) is 18.4 Å². The number of anilines is 1. The van der Waals surface area contributed by atoms with Crippen molar-refractivity contribution in [1.29, 1.82) is 0 Å². The monoisotopic (exact) mass is 317 g/mol. The van der Waals surface area contributed by atoms with Crippen LogP contribution < -0.4 is 5.32 Å². The molecule has 0 aromatic carbocycles. The molecule has 0 saturated carbocycles. The minimum atomic E-state index is -3.65. The fourth-order valence-corrected chi connectivity index (χ4v) is 4.96. The number of nitrogens with zero attached hydrogens (tertiary/aromatic N) is 2. The molecule has 110 valence electrons. The molecule has 2 rings (SSSR count). The summed E-state index contributed by atoms with van der Waals surface area (Å²) in [6.07, 6.45) is 0.491. The molecular weight excluding hydrogens is 302 g/mol. The summed E-state index contributed by atoms with van der Waals surface area (Å²) in [7, 11) is -3.65. The number of carbonyl (C=O) groups excluding carboxylic acids is 2. The van der Waals surface area contributed by atoms with E-state index in [0.29, 0.717) is 5.69 Å². The quantitative estimate of drug-likeness (QED) is 0.888. The third-order valence-electron chi connectivity index (χ3n) is 2.89. The molecule has 9 heteroatoms. The number of hydrogen-bond donors (Lipinski definition) is 1. The summed E-state index contributed by atoms with van der Waals surface area (Å²) in [4.78, 5) is 26.2. The van der Waals surface area contributed by atoms with Crippen LogP contribution in [0.5, 0.6) is 0 Å². The van der Waals surface area contributed by atoms with Crippen molar-refractivity contribution in [3.8, 4) is 0 Å². The standard InChI is InChI=1S/C11H15N3O4S2/c1-7-10(19-11(12-7)13-8(2)15)20(17,18)14-5-3-9(16)4-6-14/h3-6H2,1-2H3,(H,12,13,15). The summed E-state index contributed by atoms with van der Waals surface area (Å²) >= 11 is 0.932. The molecule has 0 radical (unpaired) electrons. The Kier molecular flexibility index (Phi) is 4.21. The second-order valence-corrected chi connectivity index (χ2v) is 7.65. The molecular formula is C11H15N3O4S2. The van der Waals surface area contributed by atoms with Crippen LogP contribution in [0.4, 0.5) is 5.13 Å². The van der Waals surface area contributed by atoms with Gasteiger partial charge in [-0.3, -0.25) is 9.59 Å². The zero-order valence-electron chi connectivity index (χ0n) is 11.2. The Morgan fingerprint density at radius 2 is 1.95 bits per heavy atom. The topological polar surface area (TPSA) is 96.4 Å². The van der Waals surface area contributed by atoms with Gasteiger partial charge in [-0.2, -0.15) is 4.31 Å². The van der Waals surface area contributed by atoms with Crippen molar-refractivity contribution >= 4 is 38.2 Å². The van der Waals surface area contributed by atoms with Crippen LogP contribution in [0.1, 0.15) is 25.5 Å². The highest BCUT2D eigenvalue weighted by Crippen LogP contribution is 2.30. The average Bonchev–Trinajstić information content (AvgIpc) is 2.70. The highest BCUT2D eigenvalue weighted by Gasteiger charge is 2.32. The molecule has 1 saturated heterocycles. The maximum atomic E-state index is 12.5. The van der Waals surface area contributed by atoms with Crippen LogP contribution in [-0.2, 0) is 19.6 Å². The van der Waals surface area contributed by atoms with Gasteiger partial charge in [-0.05, 0) is 6.92 Å². The second kappa shape index (κ2) is 5.58. The Labute approximate surface area is 121 Å². The Hall–Kier alpha value is -1.32. The normalized spacial score (nSPS) is 17.2. The Morgan fingerprint density at radius 3 is 2.50 bits per heavy atom. The van der Waals surface area contributed by atoms with Gasteiger partial charge in [0.2, 0.25) is 5.91 Å². The number of aryl methyl sites for hydroxylation is 1. The molecule has 7 nitrogen and oxygen atoms in total. The number of rotatable bonds is 3. The van der Waals surface area contributed by atoms with E-state index in [2.05, 4.69) is 10.3 Å². The van der Waals surface area contributed by atoms with Gasteiger partial charge in [0.05, 0.1) is 5.69 Å². The van der Waals surface area contributed by atoms with Gasteiger partial charge >= 0.3 is 0 Å². The fourth-order valence-electron chi connectivity index (χ4n) is 1.92. The Bertz CT molecular complexity index is 641. The molecule has 1 amide bonds. The predicted octanol–water partition coefficient (Wildman–Crippen LogP) is 0.764. The number of thiazole rings is 1. The van der Waals surface area contributed by atoms with Gasteiger partial charge in [0.25, 0.3) is 10.0 Å². The van der Waals surface area contributed by atoms with Crippen molar-refractivity contribution in [3.63, 3.8) is 0 Å². The van der Waals surface area contributed by atoms with E-state index in [9.17, 15) is 18.0 Å². The summed E-state index contributed by atoms with van der Waals surface area (Å²) in [6, 6.07) is 0. The lowest BCUT2D eigenvalue weighted by Gasteiger charge is -2.24. The van der Waals surface area contributed by atoms with Gasteiger partial charge < -0.3 is 5.32 Å². The molecule has 0 atom stereocenters. The molecule has 1 aromatic rings. The van der Waals surface area contributed by atoms with Crippen LogP contribution in [0.25, 0.3) is 0 Å². The van der Waals surface area contributed by atoms with Crippen molar-refractivity contribution < 1.29 is 18.0 Å². The summed E-state index contributed by atoms with van der Waals surface area (Å²) in [5.41, 5.74) is 0.357. The smallest absolute Gasteiger partial charge is 0.254 e. The maximum absolute atomic E-state index is 12.5. The van der Waals surface area contributed by atoms with Gasteiger partial charge in [-0.15, -0.1) is 0 Å². The number of piperidine rings is 1. The average molecular weight is 317 g/mol. The molecule has 0 unspecified atom stereocenters. The molecule has 1 aliphatic rings. The largest absolute Gasteiger partial charge is 0.302 e. The number of Topliss-reactive ketones (excluding diaryl/α,β-unsaturated/α-hetero) is 1. The van der Waals surface area contributed by atoms with Crippen molar-refractivity contribution in [1.82, 2.24) is 9.29 Å². The van der Waals surface area contributed by atoms with E-state index < -0.39 is 10.0 Å². The first kappa shape index (κ1) is 15.1. The van der Waals surface area contributed by atoms with Gasteiger partial charge in [0.15, 0.2) is 9.34 Å². The third-order valence-corrected chi connectivity index (χ3v) is 6.45. The van der Waals surface area contributed by atoms with E-state index in [1.165, 1.54) is 11.2 Å². The summed E-state index contributed by atoms with van der Waals surface area (Å²) in [5.74, 6) is -0.220. The molecule has 1 N–H and O–H groups in total. The van der Waals surface area contributed by atoms with Gasteiger partial charge in [0.1, 0.15) is 5.78 Å². The van der Waals surface area contributed by atoms with Crippen LogP contribution in [-0.4, -0.2) is 42.5 Å². The fraction of sp³-hybridized carbons (Fsp3) is 0.545. The highest BCUT2D eigenvalue weighted by atomic mass is 32.2. The lowest BCUT2D eigenvalue weighted by molar-refractivity contribution is -0.120. The SMILES string of the molecule is CC(=O)Nc1nc(C)c(S(=O)(=O)N2CCC(=O)CC2)s1. The summed E-state index contributed by atoms with van der Waals surface area (Å²) in [5, 5.41) is 2.74. The van der Waals surface area contributed by atoms with E-state index in [1.54, 1.807) is 6.92 Å². The summed E-state index contributed by atoms with van der Waals surface area (Å²) < 4.78 is 26.4. The lowest BCUT2D eigenvalue weighted by atomic mass is 10.1. The van der Waals surface area contributed by atoms with Gasteiger partial charge in [0, 0.05) is 32.9 Å². The first-order chi connectivity index (χ1) is 9.30. The maximum Gasteiger partial charge on any atom is 0.254 e. The van der Waals surface area contributed by atoms with Crippen molar-refractivity contribution in [2.24, 2.45) is 0 Å². The highest BCUT2D eigenvalue weighted by molar-refractivity contribution is 7.91. The van der Waals surface area contributed by atoms with Crippen LogP contribution in [0.2, 0.25) is 0 Å². The molecule has 2 heterocycles. The molecule has 1 aliphatic heterocycles. The van der Waals surface area contributed by atoms with E-state index in [1.807, 2.05) is 0 Å². The van der Waals surface area contributed by atoms with Crippen molar-refractivity contribution in [2.45, 2.75) is 30.9 Å². The number of hydrogen-bond acceptors (Lipinski definition) is 6. The van der Waals surface area contributed by atoms with Crippen LogP contribution >= 0.6 is 11.3 Å². The Balaban J connectivity index is 2.27. The first-order valence-electron chi connectivity index (χ1n) is 6.07. The molecule has 1 aromatic heterocycles. The second-order valence-electron chi connectivity index (χ2n) is 4.52. The number of aromatic nitrogens is 1. The van der Waals surface area contributed by atoms with Gasteiger partial charge in [-0.1, -0.05) is 11.3 Å². The molecule has 1 fully saturated rings.